The summed E-state index contributed by atoms with van der Waals surface area (Å²) in [5.74, 6) is -4.64. The molecule has 8 nitrogen and oxygen atoms in total. The van der Waals surface area contributed by atoms with Gasteiger partial charge in [-0.3, -0.25) is 14.5 Å². The van der Waals surface area contributed by atoms with Gasteiger partial charge in [0.2, 0.25) is 5.95 Å². The van der Waals surface area contributed by atoms with Gasteiger partial charge in [-0.25, -0.2) is 18.7 Å². The van der Waals surface area contributed by atoms with Crippen LogP contribution < -0.4 is 5.32 Å². The molecular weight excluding hydrogens is 509 g/mol. The Morgan fingerprint density at radius 1 is 1.19 bits per heavy atom. The fraction of sp³-hybridized carbons (Fsp3) is 0.409. The van der Waals surface area contributed by atoms with E-state index in [2.05, 4.69) is 25.4 Å². The maximum atomic E-state index is 14.5. The first kappa shape index (κ1) is 25.7. The second-order valence-corrected chi connectivity index (χ2v) is 9.07. The van der Waals surface area contributed by atoms with E-state index in [1.165, 1.54) is 10.9 Å². The third kappa shape index (κ3) is 5.55. The standard InChI is InChI=1S/C22H21ClF5N7O/c1-12-5-21(24,25)11-35(17(12)9-32-20-30-6-13(7-31-20)22(26,27)28)19(36)18-15(10-34(2)33-18)16-4-3-14(23)8-29-16/h3-4,6-8,10,12,17H,5,9,11H2,1-2H3,(H,30,31,32). The molecule has 0 spiro atoms. The number of rotatable bonds is 5. The van der Waals surface area contributed by atoms with Crippen molar-refractivity contribution in [3.8, 4) is 11.3 Å². The predicted molar refractivity (Wildman–Crippen MR) is 121 cm³/mol. The molecule has 1 amide bonds. The van der Waals surface area contributed by atoms with Crippen molar-refractivity contribution in [1.29, 1.82) is 0 Å². The number of hydrogen-bond donors (Lipinski definition) is 1. The van der Waals surface area contributed by atoms with E-state index >= 15 is 0 Å². The van der Waals surface area contributed by atoms with Gasteiger partial charge in [0.15, 0.2) is 5.69 Å². The first-order valence-electron chi connectivity index (χ1n) is 10.8. The van der Waals surface area contributed by atoms with E-state index in [9.17, 15) is 26.7 Å². The van der Waals surface area contributed by atoms with Crippen LogP contribution in [0.5, 0.6) is 0 Å². The zero-order chi connectivity index (χ0) is 26.3. The normalized spacial score (nSPS) is 19.8. The van der Waals surface area contributed by atoms with Crippen LogP contribution in [-0.2, 0) is 13.2 Å². The molecular formula is C22H21ClF5N7O. The Bertz CT molecular complexity index is 1230. The molecule has 3 aromatic heterocycles. The minimum absolute atomic E-state index is 0.0598. The highest BCUT2D eigenvalue weighted by atomic mass is 35.5. The molecule has 36 heavy (non-hydrogen) atoms. The first-order chi connectivity index (χ1) is 16.8. The van der Waals surface area contributed by atoms with Crippen LogP contribution in [0.15, 0.2) is 36.9 Å². The molecule has 192 valence electrons. The number of halogens is 6. The maximum absolute atomic E-state index is 14.5. The molecule has 0 bridgehead atoms. The molecule has 4 rings (SSSR count). The zero-order valence-electron chi connectivity index (χ0n) is 19.1. The van der Waals surface area contributed by atoms with Crippen LogP contribution >= 0.6 is 11.6 Å². The van der Waals surface area contributed by atoms with Crippen LogP contribution in [-0.4, -0.2) is 60.6 Å². The second kappa shape index (κ2) is 9.60. The minimum atomic E-state index is -4.59. The Labute approximate surface area is 207 Å². The third-order valence-electron chi connectivity index (χ3n) is 5.82. The van der Waals surface area contributed by atoms with Crippen molar-refractivity contribution >= 4 is 23.5 Å². The molecule has 2 atom stereocenters. The number of nitrogens with one attached hydrogen (secondary N) is 1. The lowest BCUT2D eigenvalue weighted by molar-refractivity contribution is -0.138. The number of carbonyl (C=O) groups excluding carboxylic acids is 1. The average Bonchev–Trinajstić information content (AvgIpc) is 3.19. The topological polar surface area (TPSA) is 88.8 Å². The van der Waals surface area contributed by atoms with E-state index in [1.807, 2.05) is 0 Å². The number of pyridine rings is 1. The molecule has 0 aliphatic carbocycles. The summed E-state index contributed by atoms with van der Waals surface area (Å²) in [4.78, 5) is 26.1. The van der Waals surface area contributed by atoms with Crippen molar-refractivity contribution in [1.82, 2.24) is 29.6 Å². The smallest absolute Gasteiger partial charge is 0.352 e. The molecule has 2 unspecified atom stereocenters. The second-order valence-electron chi connectivity index (χ2n) is 8.64. The Hall–Kier alpha value is -3.35. The van der Waals surface area contributed by atoms with Crippen molar-refractivity contribution in [2.45, 2.75) is 31.5 Å². The number of piperidine rings is 1. The van der Waals surface area contributed by atoms with Crippen LogP contribution in [0.1, 0.15) is 29.4 Å². The molecule has 1 N–H and O–H groups in total. The summed E-state index contributed by atoms with van der Waals surface area (Å²) in [6, 6.07) is 2.43. The van der Waals surface area contributed by atoms with Gasteiger partial charge in [0.1, 0.15) is 0 Å². The van der Waals surface area contributed by atoms with Crippen LogP contribution in [0.25, 0.3) is 11.3 Å². The van der Waals surface area contributed by atoms with Crippen molar-refractivity contribution in [3.63, 3.8) is 0 Å². The molecule has 0 saturated carbocycles. The van der Waals surface area contributed by atoms with Crippen molar-refractivity contribution in [3.05, 3.63) is 53.2 Å². The number of carbonyl (C=O) groups is 1. The van der Waals surface area contributed by atoms with Crippen LogP contribution in [0.3, 0.4) is 0 Å². The molecule has 4 heterocycles. The van der Waals surface area contributed by atoms with Gasteiger partial charge in [-0.05, 0) is 18.1 Å². The monoisotopic (exact) mass is 529 g/mol. The van der Waals surface area contributed by atoms with Gasteiger partial charge in [-0.2, -0.15) is 18.3 Å². The van der Waals surface area contributed by atoms with E-state index in [-0.39, 0.29) is 18.2 Å². The molecule has 0 aromatic carbocycles. The van der Waals surface area contributed by atoms with Gasteiger partial charge in [0.05, 0.1) is 34.4 Å². The van der Waals surface area contributed by atoms with Crippen LogP contribution in [0.2, 0.25) is 5.02 Å². The SMILES string of the molecule is CC1CC(F)(F)CN(C(=O)c2nn(C)cc2-c2ccc(Cl)cn2)C1CNc1ncc(C(F)(F)F)cn1. The molecule has 1 fully saturated rings. The summed E-state index contributed by atoms with van der Waals surface area (Å²) in [6.45, 7) is 0.670. The van der Waals surface area contributed by atoms with E-state index in [0.717, 1.165) is 4.90 Å². The summed E-state index contributed by atoms with van der Waals surface area (Å²) < 4.78 is 68.8. The highest BCUT2D eigenvalue weighted by Crippen LogP contribution is 2.36. The van der Waals surface area contributed by atoms with E-state index in [4.69, 9.17) is 11.6 Å². The minimum Gasteiger partial charge on any atom is -0.352 e. The summed E-state index contributed by atoms with van der Waals surface area (Å²) in [5, 5.41) is 7.35. The first-order valence-corrected chi connectivity index (χ1v) is 11.2. The summed E-state index contributed by atoms with van der Waals surface area (Å²) in [7, 11) is 1.59. The fourth-order valence-corrected chi connectivity index (χ4v) is 4.26. The largest absolute Gasteiger partial charge is 0.419 e. The Kier molecular flexibility index (Phi) is 6.86. The Morgan fingerprint density at radius 2 is 1.89 bits per heavy atom. The van der Waals surface area contributed by atoms with Crippen molar-refractivity contribution in [2.75, 3.05) is 18.4 Å². The Balaban J connectivity index is 1.60. The van der Waals surface area contributed by atoms with Crippen LogP contribution in [0, 0.1) is 5.92 Å². The number of hydrogen-bond acceptors (Lipinski definition) is 6. The van der Waals surface area contributed by atoms with E-state index in [0.29, 0.717) is 28.7 Å². The number of amides is 1. The average molecular weight is 530 g/mol. The molecule has 14 heteroatoms. The highest BCUT2D eigenvalue weighted by Gasteiger charge is 2.47. The van der Waals surface area contributed by atoms with Gasteiger partial charge < -0.3 is 10.2 Å². The molecule has 3 aromatic rings. The van der Waals surface area contributed by atoms with Gasteiger partial charge in [-0.15, -0.1) is 0 Å². The fourth-order valence-electron chi connectivity index (χ4n) is 4.15. The predicted octanol–water partition coefficient (Wildman–Crippen LogP) is 4.54. The number of aromatic nitrogens is 5. The number of likely N-dealkylation sites (tertiary alicyclic amines) is 1. The van der Waals surface area contributed by atoms with Gasteiger partial charge in [0.25, 0.3) is 11.8 Å². The lowest BCUT2D eigenvalue weighted by atomic mass is 9.88. The number of anilines is 1. The van der Waals surface area contributed by atoms with E-state index < -0.39 is 48.5 Å². The lowest BCUT2D eigenvalue weighted by Crippen LogP contribution is -2.57. The zero-order valence-corrected chi connectivity index (χ0v) is 19.9. The van der Waals surface area contributed by atoms with Crippen molar-refractivity contribution < 1.29 is 26.7 Å². The Morgan fingerprint density at radius 3 is 2.50 bits per heavy atom. The molecule has 0 radical (unpaired) electrons. The highest BCUT2D eigenvalue weighted by molar-refractivity contribution is 6.30. The molecule has 1 aliphatic rings. The molecule has 1 saturated heterocycles. The number of alkyl halides is 5. The number of aryl methyl sites for hydroxylation is 1. The third-order valence-corrected chi connectivity index (χ3v) is 6.05. The number of nitrogens with zero attached hydrogens (tertiary/aromatic N) is 6. The maximum Gasteiger partial charge on any atom is 0.419 e. The summed E-state index contributed by atoms with van der Waals surface area (Å²) in [6.07, 6.45) is -0.869. The quantitative estimate of drug-likeness (QED) is 0.488. The van der Waals surface area contributed by atoms with E-state index in [1.54, 1.807) is 32.3 Å². The summed E-state index contributed by atoms with van der Waals surface area (Å²) >= 11 is 5.90. The van der Waals surface area contributed by atoms with Gasteiger partial charge >= 0.3 is 6.18 Å². The lowest BCUT2D eigenvalue weighted by Gasteiger charge is -2.43. The van der Waals surface area contributed by atoms with Crippen molar-refractivity contribution in [2.24, 2.45) is 13.0 Å². The van der Waals surface area contributed by atoms with Crippen LogP contribution in [0.4, 0.5) is 27.9 Å². The summed E-state index contributed by atoms with van der Waals surface area (Å²) in [5.41, 5.74) is -0.346. The van der Waals surface area contributed by atoms with Gasteiger partial charge in [-0.1, -0.05) is 18.5 Å². The molecule has 1 aliphatic heterocycles. The van der Waals surface area contributed by atoms with Gasteiger partial charge in [0, 0.05) is 44.8 Å².